The summed E-state index contributed by atoms with van der Waals surface area (Å²) in [5, 5.41) is 0. The van der Waals surface area contributed by atoms with Gasteiger partial charge in [-0.15, -0.1) is 0 Å². The van der Waals surface area contributed by atoms with Crippen LogP contribution in [0.25, 0.3) is 11.1 Å². The quantitative estimate of drug-likeness (QED) is 0.533. The number of hydrogen-bond acceptors (Lipinski definition) is 9. The number of nitrogens with zero attached hydrogens (tertiary/aromatic N) is 8. The van der Waals surface area contributed by atoms with Gasteiger partial charge >= 0.3 is 0 Å². The molecule has 0 aliphatic carbocycles. The van der Waals surface area contributed by atoms with Gasteiger partial charge in [0, 0.05) is 82.8 Å². The van der Waals surface area contributed by atoms with E-state index >= 15 is 0 Å². The number of hydrogen-bond donors (Lipinski definition) is 1. The van der Waals surface area contributed by atoms with E-state index in [2.05, 4.69) is 79.8 Å². The third kappa shape index (κ3) is 5.46. The summed E-state index contributed by atoms with van der Waals surface area (Å²) in [6.07, 6.45) is 2.75. The van der Waals surface area contributed by atoms with Crippen LogP contribution in [0.2, 0.25) is 0 Å². The van der Waals surface area contributed by atoms with Crippen LogP contribution in [-0.2, 0) is 13.0 Å². The zero-order chi connectivity index (χ0) is 27.8. The predicted molar refractivity (Wildman–Crippen MR) is 159 cm³/mol. The normalized spacial score (nSPS) is 20.5. The Morgan fingerprint density at radius 2 is 1.50 bits per heavy atom. The third-order valence-corrected chi connectivity index (χ3v) is 8.54. The zero-order valence-electron chi connectivity index (χ0n) is 23.8. The molecule has 10 nitrogen and oxygen atoms in total. The SMILES string of the molecule is CC1Cc2ccc(-c3ccc(C(=O)N4CCN(C)CC4)nc3)cc2CN1c1cc(N2CCN(C)CC2)nc(N)n1. The molecule has 2 saturated heterocycles. The van der Waals surface area contributed by atoms with Gasteiger partial charge in [0.2, 0.25) is 5.95 Å². The first-order chi connectivity index (χ1) is 19.3. The second kappa shape index (κ2) is 11.0. The molecular weight excluding hydrogens is 502 g/mol. The van der Waals surface area contributed by atoms with E-state index in [-0.39, 0.29) is 11.9 Å². The summed E-state index contributed by atoms with van der Waals surface area (Å²) in [5.41, 5.74) is 11.4. The number of rotatable bonds is 4. The number of fused-ring (bicyclic) bond motifs is 1. The van der Waals surface area contributed by atoms with Gasteiger partial charge in [-0.05, 0) is 56.3 Å². The van der Waals surface area contributed by atoms with Gasteiger partial charge in [0.05, 0.1) is 0 Å². The lowest BCUT2D eigenvalue weighted by Crippen LogP contribution is -2.47. The van der Waals surface area contributed by atoms with Crippen molar-refractivity contribution in [3.05, 3.63) is 59.4 Å². The molecule has 210 valence electrons. The first kappa shape index (κ1) is 26.5. The highest BCUT2D eigenvalue weighted by atomic mass is 16.2. The molecule has 3 aromatic rings. The van der Waals surface area contributed by atoms with E-state index in [9.17, 15) is 4.79 Å². The molecule has 2 N–H and O–H groups in total. The minimum absolute atomic E-state index is 0.00906. The molecule has 0 saturated carbocycles. The number of nitrogens with two attached hydrogens (primary N) is 1. The van der Waals surface area contributed by atoms with Gasteiger partial charge in [-0.1, -0.05) is 18.2 Å². The number of likely N-dealkylation sites (N-methyl/N-ethyl adjacent to an activating group) is 2. The van der Waals surface area contributed by atoms with Gasteiger partial charge < -0.3 is 30.2 Å². The standard InChI is InChI=1S/C30H39N9O/c1-21-16-22-4-5-23(24-6-7-26(32-19-24)29(40)38-14-10-36(3)11-15-38)17-25(22)20-39(21)28-18-27(33-30(31)34-28)37-12-8-35(2)9-13-37/h4-7,17-19,21H,8-16,20H2,1-3H3,(H2,31,33,34). The maximum atomic E-state index is 12.9. The van der Waals surface area contributed by atoms with Gasteiger partial charge in [0.25, 0.3) is 5.91 Å². The Morgan fingerprint density at radius 3 is 2.20 bits per heavy atom. The number of carbonyl (C=O) groups is 1. The van der Waals surface area contributed by atoms with E-state index in [0.29, 0.717) is 11.6 Å². The van der Waals surface area contributed by atoms with Gasteiger partial charge in [0.1, 0.15) is 17.3 Å². The Labute approximate surface area is 236 Å². The van der Waals surface area contributed by atoms with Crippen molar-refractivity contribution in [1.29, 1.82) is 0 Å². The topological polar surface area (TPSA) is 98.0 Å². The number of piperazine rings is 2. The van der Waals surface area contributed by atoms with Crippen molar-refractivity contribution in [1.82, 2.24) is 29.7 Å². The van der Waals surface area contributed by atoms with E-state index in [0.717, 1.165) is 88.1 Å². The molecule has 3 aliphatic rings. The summed E-state index contributed by atoms with van der Waals surface area (Å²) in [6.45, 7) is 10.1. The number of pyridine rings is 1. The zero-order valence-corrected chi connectivity index (χ0v) is 23.8. The minimum Gasteiger partial charge on any atom is -0.368 e. The fourth-order valence-corrected chi connectivity index (χ4v) is 5.87. The second-order valence-corrected chi connectivity index (χ2v) is 11.4. The molecule has 1 amide bonds. The molecule has 2 aromatic heterocycles. The fourth-order valence-electron chi connectivity index (χ4n) is 5.87. The summed E-state index contributed by atoms with van der Waals surface area (Å²) < 4.78 is 0. The van der Waals surface area contributed by atoms with E-state index in [1.54, 1.807) is 0 Å². The third-order valence-electron chi connectivity index (χ3n) is 8.54. The van der Waals surface area contributed by atoms with Crippen LogP contribution >= 0.6 is 0 Å². The van der Waals surface area contributed by atoms with Crippen molar-refractivity contribution in [3.63, 3.8) is 0 Å². The molecule has 6 rings (SSSR count). The van der Waals surface area contributed by atoms with Crippen LogP contribution < -0.4 is 15.5 Å². The molecule has 0 radical (unpaired) electrons. The van der Waals surface area contributed by atoms with E-state index in [1.165, 1.54) is 11.1 Å². The lowest BCUT2D eigenvalue weighted by atomic mass is 9.92. The molecule has 0 spiro atoms. The predicted octanol–water partition coefficient (Wildman–Crippen LogP) is 2.21. The highest BCUT2D eigenvalue weighted by Crippen LogP contribution is 2.32. The average Bonchev–Trinajstić information content (AvgIpc) is 2.97. The van der Waals surface area contributed by atoms with Gasteiger partial charge in [-0.25, -0.2) is 0 Å². The maximum absolute atomic E-state index is 12.9. The van der Waals surface area contributed by atoms with Crippen molar-refractivity contribution in [3.8, 4) is 11.1 Å². The van der Waals surface area contributed by atoms with Gasteiger partial charge in [-0.3, -0.25) is 9.78 Å². The van der Waals surface area contributed by atoms with Crippen molar-refractivity contribution < 1.29 is 4.79 Å². The molecule has 2 fully saturated rings. The van der Waals surface area contributed by atoms with Crippen LogP contribution in [-0.4, -0.2) is 108 Å². The number of benzene rings is 1. The van der Waals surface area contributed by atoms with Crippen LogP contribution in [0.5, 0.6) is 0 Å². The average molecular weight is 542 g/mol. The molecule has 1 unspecified atom stereocenters. The molecule has 40 heavy (non-hydrogen) atoms. The highest BCUT2D eigenvalue weighted by Gasteiger charge is 2.27. The summed E-state index contributed by atoms with van der Waals surface area (Å²) in [7, 11) is 4.24. The van der Waals surface area contributed by atoms with E-state index < -0.39 is 0 Å². The molecule has 10 heteroatoms. The van der Waals surface area contributed by atoms with Crippen LogP contribution in [0.1, 0.15) is 28.5 Å². The van der Waals surface area contributed by atoms with Crippen molar-refractivity contribution in [2.24, 2.45) is 0 Å². The van der Waals surface area contributed by atoms with Crippen LogP contribution in [0.3, 0.4) is 0 Å². The summed E-state index contributed by atoms with van der Waals surface area (Å²) in [4.78, 5) is 37.8. The molecule has 3 aliphatic heterocycles. The van der Waals surface area contributed by atoms with Gasteiger partial charge in [0.15, 0.2) is 0 Å². The number of aromatic nitrogens is 3. The molecule has 1 atom stereocenters. The summed E-state index contributed by atoms with van der Waals surface area (Å²) >= 11 is 0. The Balaban J connectivity index is 1.20. The number of carbonyl (C=O) groups excluding carboxylic acids is 1. The molecular formula is C30H39N9O. The maximum Gasteiger partial charge on any atom is 0.272 e. The molecule has 1 aromatic carbocycles. The second-order valence-electron chi connectivity index (χ2n) is 11.4. The number of anilines is 3. The lowest BCUT2D eigenvalue weighted by Gasteiger charge is -2.37. The lowest BCUT2D eigenvalue weighted by molar-refractivity contribution is 0.0658. The van der Waals surface area contributed by atoms with E-state index in [1.807, 2.05) is 23.2 Å². The highest BCUT2D eigenvalue weighted by molar-refractivity contribution is 5.92. The Kier molecular flexibility index (Phi) is 7.29. The van der Waals surface area contributed by atoms with E-state index in [4.69, 9.17) is 5.73 Å². The van der Waals surface area contributed by atoms with Crippen LogP contribution in [0.15, 0.2) is 42.6 Å². The monoisotopic (exact) mass is 541 g/mol. The first-order valence-electron chi connectivity index (χ1n) is 14.2. The van der Waals surface area contributed by atoms with Crippen LogP contribution in [0, 0.1) is 0 Å². The number of amides is 1. The molecule has 5 heterocycles. The summed E-state index contributed by atoms with van der Waals surface area (Å²) in [6, 6.07) is 12.9. The van der Waals surface area contributed by atoms with Crippen molar-refractivity contribution >= 4 is 23.5 Å². The van der Waals surface area contributed by atoms with Crippen molar-refractivity contribution in [2.45, 2.75) is 25.9 Å². The largest absolute Gasteiger partial charge is 0.368 e. The Bertz CT molecular complexity index is 1360. The smallest absolute Gasteiger partial charge is 0.272 e. The Morgan fingerprint density at radius 1 is 0.825 bits per heavy atom. The van der Waals surface area contributed by atoms with Crippen molar-refractivity contribution in [2.75, 3.05) is 82.0 Å². The minimum atomic E-state index is 0.00906. The summed E-state index contributed by atoms with van der Waals surface area (Å²) in [5.74, 6) is 2.10. The fraction of sp³-hybridized carbons (Fsp3) is 0.467. The first-order valence-corrected chi connectivity index (χ1v) is 14.2. The number of nitrogen functional groups attached to an aromatic ring is 1. The molecule has 0 bridgehead atoms. The van der Waals surface area contributed by atoms with Crippen LogP contribution in [0.4, 0.5) is 17.6 Å². The Hall–Kier alpha value is -3.76. The van der Waals surface area contributed by atoms with Gasteiger partial charge in [-0.2, -0.15) is 9.97 Å².